The topological polar surface area (TPSA) is 106 Å². The molecule has 10 heteroatoms. The van der Waals surface area contributed by atoms with E-state index >= 15 is 0 Å². The Kier molecular flexibility index (Phi) is 37.3. The smallest absolute Gasteiger partial charge is 0.507 e. The zero-order valence-electron chi connectivity index (χ0n) is 84.9. The first kappa shape index (κ1) is 108. The van der Waals surface area contributed by atoms with Gasteiger partial charge in [-0.15, -0.1) is 72.8 Å². The second-order valence-electron chi connectivity index (χ2n) is 38.0. The van der Waals surface area contributed by atoms with Crippen LogP contribution in [0.25, 0.3) is 44.5 Å². The van der Waals surface area contributed by atoms with E-state index in [9.17, 15) is 20.4 Å². The Bertz CT molecular complexity index is 6660. The van der Waals surface area contributed by atoms with Crippen LogP contribution in [-0.2, 0) is 110 Å². The van der Waals surface area contributed by atoms with E-state index in [1.54, 1.807) is 14.2 Å². The molecule has 0 aromatic heterocycles. The van der Waals surface area contributed by atoms with E-state index in [0.717, 1.165) is 94.6 Å². The Hall–Kier alpha value is -14.0. The number of para-hydroxylation sites is 1. The molecule has 0 unspecified atom stereocenters. The zero-order valence-corrected chi connectivity index (χ0v) is 89.8. The number of benzene rings is 18. The van der Waals surface area contributed by atoms with E-state index in [1.165, 1.54) is 89.0 Å². The molecule has 18 aromatic rings. The van der Waals surface area contributed by atoms with Crippen molar-refractivity contribution >= 4 is 0 Å². The van der Waals surface area contributed by atoms with Gasteiger partial charge in [-0.1, -0.05) is 302 Å². The summed E-state index contributed by atoms with van der Waals surface area (Å²) in [5.41, 5.74) is 34.1. The number of aryl methyl sites for hydroxylation is 3. The number of aromatic hydroxyl groups is 4. The fourth-order valence-corrected chi connectivity index (χ4v) is 20.9. The number of methoxy groups -OCH3 is 2. The molecule has 0 spiro atoms. The van der Waals surface area contributed by atoms with Gasteiger partial charge in [-0.05, 0) is 137 Å². The normalized spacial score (nSPS) is 12.7. The fraction of sp³-hybridized carbons (Fsp3) is 0.156. The quantitative estimate of drug-likeness (QED) is 0.0630. The van der Waals surface area contributed by atoms with Gasteiger partial charge in [-0.25, -0.2) is 0 Å². The van der Waals surface area contributed by atoms with Crippen molar-refractivity contribution in [2.75, 3.05) is 40.5 Å². The minimum Gasteiger partial charge on any atom is -0.507 e. The fourth-order valence-electron chi connectivity index (χ4n) is 20.9. The van der Waals surface area contributed by atoms with Gasteiger partial charge in [0.25, 0.3) is 0 Å². The first-order valence-electron chi connectivity index (χ1n) is 49.0. The van der Waals surface area contributed by atoms with Crippen molar-refractivity contribution in [3.63, 3.8) is 0 Å². The van der Waals surface area contributed by atoms with Crippen LogP contribution in [0.4, 0.5) is 0 Å². The number of rotatable bonds is 18. The Balaban J connectivity index is 0.000000171. The summed E-state index contributed by atoms with van der Waals surface area (Å²) in [5.74, 6) is 1.26. The second-order valence-corrected chi connectivity index (χ2v) is 38.0. The number of nitrogens with zero attached hydrogens (tertiary/aromatic N) is 2. The summed E-state index contributed by atoms with van der Waals surface area (Å²) in [5, 5.41) is 48.7. The third-order valence-electron chi connectivity index (χ3n) is 28.0. The standard InChI is InChI=1S/C47H45NO3.C46H43NO3.6C7H7.2Zr/c1-30-24-32(44(49)42(26-30)46(3)38-18-10-6-14-34(38)35-15-7-11-19-39(35)46)28-48(22-23-51-5)29-33-25-31(2)27-43(45(33)50)47(4)40-20-12-8-16-36(40)37-17-9-13-21-41(37)47;1-30-26-32(44(49)42(27-30)46(3)39-21-11-7-17-35(39)36-18-8-12-22-40(36)46)29-47(24-25-50-4)28-31-14-13-23-41(43(31)48)45(2)37-19-9-5-15-33(37)34-16-6-10-20-38(34)45;6*1-7-5-3-2-4-6-7;;/h6-21,24-27,49-50H,22-23,28-29H2,1-5H3;5-23,26-27,48-49H,24-25,28-29H2,1-4H3;6*2-6H,1H2;;/q;;6*-1;+3;+4. The zero-order chi connectivity index (χ0) is 101. The predicted molar refractivity (Wildman–Crippen MR) is 594 cm³/mol. The van der Waals surface area contributed by atoms with Crippen LogP contribution in [0, 0.1) is 62.3 Å². The molecule has 22 rings (SSSR count). The van der Waals surface area contributed by atoms with E-state index in [1.807, 2.05) is 188 Å². The van der Waals surface area contributed by atoms with Crippen LogP contribution in [0.15, 0.2) is 431 Å². The largest absolute Gasteiger partial charge is 4.00 e. The van der Waals surface area contributed by atoms with Gasteiger partial charge in [0.2, 0.25) is 0 Å². The first-order chi connectivity index (χ1) is 69.3. The third-order valence-corrected chi connectivity index (χ3v) is 28.0. The maximum atomic E-state index is 12.2. The van der Waals surface area contributed by atoms with Crippen LogP contribution in [-0.4, -0.2) is 70.7 Å². The molecule has 0 heterocycles. The molecule has 8 nitrogen and oxygen atoms in total. The summed E-state index contributed by atoms with van der Waals surface area (Å²) < 4.78 is 11.2. The molecule has 0 amide bonds. The van der Waals surface area contributed by atoms with Gasteiger partial charge >= 0.3 is 52.4 Å². The molecule has 4 aliphatic carbocycles. The number of phenols is 4. The van der Waals surface area contributed by atoms with Crippen LogP contribution < -0.4 is 0 Å². The van der Waals surface area contributed by atoms with Crippen molar-refractivity contribution in [3.05, 3.63) is 611 Å². The number of hydrogen-bond acceptors (Lipinski definition) is 8. The van der Waals surface area contributed by atoms with Crippen molar-refractivity contribution in [1.82, 2.24) is 9.80 Å². The summed E-state index contributed by atoms with van der Waals surface area (Å²) in [6.45, 7) is 41.9. The molecule has 0 atom stereocenters. The van der Waals surface area contributed by atoms with Gasteiger partial charge in [0, 0.05) is 120 Å². The Labute approximate surface area is 900 Å². The summed E-state index contributed by atoms with van der Waals surface area (Å²) in [7, 11) is 3.43. The molecule has 0 saturated heterocycles. The Morgan fingerprint density at radius 2 is 0.379 bits per heavy atom. The number of hydrogen-bond donors (Lipinski definition) is 4. The monoisotopic (exact) mass is 2050 g/mol. The van der Waals surface area contributed by atoms with Crippen molar-refractivity contribution in [1.29, 1.82) is 0 Å². The van der Waals surface area contributed by atoms with Crippen LogP contribution in [0.2, 0.25) is 0 Å². The SMILES string of the molecule is COCCN(Cc1cc(C)cc(C2(C)c3ccccc3-c3ccccc32)c1O)Cc1cc(C)cc(C2(C)c3ccccc3-c3ccccc32)c1O.COCCN(Cc1cccc(C2(C)c3ccccc3-c3ccccc32)c1O)Cc1cc(C)cc(C2(C)c3ccccc3-c3ccccc32)c1O.[CH2-]c1ccccc1.[CH2-]c1ccccc1.[CH2-]c1ccccc1.[CH2-]c1ccccc1.[CH2-]c1ccccc1.[CH2-]c1ccccc1.[Zr+3].[Zr+4]. The van der Waals surface area contributed by atoms with E-state index < -0.39 is 21.7 Å². The summed E-state index contributed by atoms with van der Waals surface area (Å²) in [6.07, 6.45) is 0. The van der Waals surface area contributed by atoms with E-state index in [0.29, 0.717) is 75.5 Å². The molecule has 4 aliphatic rings. The van der Waals surface area contributed by atoms with Gasteiger partial charge in [-0.3, -0.25) is 9.80 Å². The van der Waals surface area contributed by atoms with Crippen molar-refractivity contribution in [2.24, 2.45) is 0 Å². The second kappa shape index (κ2) is 50.0. The van der Waals surface area contributed by atoms with Crippen molar-refractivity contribution < 1.29 is 82.3 Å². The van der Waals surface area contributed by atoms with E-state index in [-0.39, 0.29) is 52.4 Å². The van der Waals surface area contributed by atoms with E-state index in [4.69, 9.17) is 9.47 Å². The number of fused-ring (bicyclic) bond motifs is 12. The molecule has 18 aromatic carbocycles. The van der Waals surface area contributed by atoms with Gasteiger partial charge in [0.1, 0.15) is 23.0 Å². The van der Waals surface area contributed by atoms with Crippen LogP contribution in [0.5, 0.6) is 23.0 Å². The summed E-state index contributed by atoms with van der Waals surface area (Å²) in [4.78, 5) is 4.54. The molecule has 4 N–H and O–H groups in total. The van der Waals surface area contributed by atoms with Gasteiger partial charge in [-0.2, -0.15) is 148 Å². The molecular weight excluding hydrogens is 1930 g/mol. The number of ether oxygens (including phenoxy) is 2. The maximum absolute atomic E-state index is 12.2. The van der Waals surface area contributed by atoms with Gasteiger partial charge < -0.3 is 29.9 Å². The molecule has 1 radical (unpaired) electrons. The van der Waals surface area contributed by atoms with Gasteiger partial charge in [0.15, 0.2) is 0 Å². The molecule has 723 valence electrons. The van der Waals surface area contributed by atoms with Crippen molar-refractivity contribution in [3.8, 4) is 67.5 Å². The first-order valence-corrected chi connectivity index (χ1v) is 49.0. The third kappa shape index (κ3) is 24.3. The average molecular weight is 2060 g/mol. The van der Waals surface area contributed by atoms with Crippen LogP contribution in [0.3, 0.4) is 0 Å². The van der Waals surface area contributed by atoms with Crippen LogP contribution >= 0.6 is 0 Å². The summed E-state index contributed by atoms with van der Waals surface area (Å²) in [6, 6.07) is 147. The molecule has 0 saturated carbocycles. The predicted octanol–water partition coefficient (Wildman–Crippen LogP) is 31.0. The minimum atomic E-state index is -0.511. The molecule has 0 fully saturated rings. The average Bonchev–Trinajstić information content (AvgIpc) is 1.57. The van der Waals surface area contributed by atoms with E-state index in [2.05, 4.69) is 342 Å². The molecule has 0 bridgehead atoms. The maximum Gasteiger partial charge on any atom is 4.00 e. The molecule has 0 aliphatic heterocycles. The molecular formula is C135H130N2O6Zr2+. The number of phenolic OH excluding ortho intramolecular Hbond substituents is 4. The summed E-state index contributed by atoms with van der Waals surface area (Å²) >= 11 is 0. The Morgan fingerprint density at radius 1 is 0.214 bits per heavy atom. The van der Waals surface area contributed by atoms with Crippen molar-refractivity contribution in [2.45, 2.75) is 96.3 Å². The Morgan fingerprint density at radius 3 is 0.566 bits per heavy atom. The van der Waals surface area contributed by atoms with Crippen LogP contribution in [0.1, 0.15) is 167 Å². The molecule has 145 heavy (non-hydrogen) atoms. The van der Waals surface area contributed by atoms with Gasteiger partial charge in [0.05, 0.1) is 13.2 Å². The minimum absolute atomic E-state index is 0.